The summed E-state index contributed by atoms with van der Waals surface area (Å²) >= 11 is 0. The molecule has 3 amide bonds. The molecule has 2 aliphatic rings. The highest BCUT2D eigenvalue weighted by Gasteiger charge is 2.39. The second kappa shape index (κ2) is 9.18. The smallest absolute Gasteiger partial charge is 0.255 e. The zero-order chi connectivity index (χ0) is 21.8. The summed E-state index contributed by atoms with van der Waals surface area (Å²) in [5.74, 6) is -0.0399. The molecule has 0 radical (unpaired) electrons. The molecule has 2 aromatic carbocycles. The highest BCUT2D eigenvalue weighted by atomic mass is 16.5. The number of hydrogen-bond acceptors (Lipinski definition) is 6. The van der Waals surface area contributed by atoms with Gasteiger partial charge in [0, 0.05) is 43.4 Å². The van der Waals surface area contributed by atoms with Crippen molar-refractivity contribution in [3.8, 4) is 5.75 Å². The van der Waals surface area contributed by atoms with Crippen LogP contribution < -0.4 is 20.7 Å². The van der Waals surface area contributed by atoms with Crippen molar-refractivity contribution in [1.29, 1.82) is 0 Å². The summed E-state index contributed by atoms with van der Waals surface area (Å²) < 4.78 is 5.69. The molecule has 1 atom stereocenters. The highest BCUT2D eigenvalue weighted by molar-refractivity contribution is 6.05. The third-order valence-corrected chi connectivity index (χ3v) is 5.54. The SMILES string of the molecule is CNCCOc1cccc(NCc2ccc3c(c2)C(=O)N(C2CCC(=O)NC2=O)C3)c1. The molecule has 0 aliphatic carbocycles. The summed E-state index contributed by atoms with van der Waals surface area (Å²) in [6.45, 7) is 2.31. The first-order chi connectivity index (χ1) is 15.0. The van der Waals surface area contributed by atoms with E-state index in [-0.39, 0.29) is 18.2 Å². The van der Waals surface area contributed by atoms with Crippen LogP contribution in [-0.4, -0.2) is 48.9 Å². The Morgan fingerprint density at radius 3 is 2.84 bits per heavy atom. The normalized spacial score (nSPS) is 18.0. The molecule has 3 N–H and O–H groups in total. The van der Waals surface area contributed by atoms with Crippen molar-refractivity contribution in [2.24, 2.45) is 0 Å². The molecular weight excluding hydrogens is 396 g/mol. The first-order valence-corrected chi connectivity index (χ1v) is 10.4. The van der Waals surface area contributed by atoms with E-state index in [0.717, 1.165) is 29.1 Å². The number of nitrogens with one attached hydrogen (secondary N) is 3. The lowest BCUT2D eigenvalue weighted by Gasteiger charge is -2.29. The van der Waals surface area contributed by atoms with Gasteiger partial charge in [0.1, 0.15) is 18.4 Å². The van der Waals surface area contributed by atoms with Crippen LogP contribution in [0.25, 0.3) is 0 Å². The number of benzene rings is 2. The van der Waals surface area contributed by atoms with E-state index >= 15 is 0 Å². The first-order valence-electron chi connectivity index (χ1n) is 10.4. The Labute approximate surface area is 180 Å². The van der Waals surface area contributed by atoms with Crippen molar-refractivity contribution >= 4 is 23.4 Å². The van der Waals surface area contributed by atoms with Crippen LogP contribution in [0.4, 0.5) is 5.69 Å². The largest absolute Gasteiger partial charge is 0.492 e. The average Bonchev–Trinajstić information content (AvgIpc) is 3.09. The van der Waals surface area contributed by atoms with Crippen LogP contribution in [0.1, 0.15) is 34.3 Å². The third kappa shape index (κ3) is 4.69. The Morgan fingerprint density at radius 2 is 2.03 bits per heavy atom. The number of carbonyl (C=O) groups is 3. The molecule has 0 spiro atoms. The number of hydrogen-bond donors (Lipinski definition) is 3. The van der Waals surface area contributed by atoms with Crippen molar-refractivity contribution < 1.29 is 19.1 Å². The van der Waals surface area contributed by atoms with Crippen molar-refractivity contribution in [1.82, 2.24) is 15.5 Å². The second-order valence-electron chi connectivity index (χ2n) is 7.72. The maximum absolute atomic E-state index is 12.9. The van der Waals surface area contributed by atoms with Gasteiger partial charge in [-0.15, -0.1) is 0 Å². The summed E-state index contributed by atoms with van der Waals surface area (Å²) in [4.78, 5) is 38.1. The summed E-state index contributed by atoms with van der Waals surface area (Å²) in [5, 5.41) is 8.73. The maximum Gasteiger partial charge on any atom is 0.255 e. The summed E-state index contributed by atoms with van der Waals surface area (Å²) in [6.07, 6.45) is 0.620. The molecule has 1 fully saturated rings. The molecular formula is C23H26N4O4. The standard InChI is InChI=1S/C23H26N4O4/c1-24-9-10-31-18-4-2-3-17(12-18)25-13-15-5-6-16-14-27(23(30)19(16)11-15)20-7-8-21(28)26-22(20)29/h2-6,11-12,20,24-25H,7-10,13-14H2,1H3,(H,26,28,29). The molecule has 162 valence electrons. The number of fused-ring (bicyclic) bond motifs is 1. The second-order valence-corrected chi connectivity index (χ2v) is 7.72. The Hall–Kier alpha value is -3.39. The lowest BCUT2D eigenvalue weighted by Crippen LogP contribution is -2.52. The topological polar surface area (TPSA) is 99.8 Å². The zero-order valence-electron chi connectivity index (χ0n) is 17.4. The summed E-state index contributed by atoms with van der Waals surface area (Å²) in [5.41, 5.74) is 3.42. The van der Waals surface area contributed by atoms with Crippen LogP contribution in [0, 0.1) is 0 Å². The molecule has 8 heteroatoms. The Morgan fingerprint density at radius 1 is 1.16 bits per heavy atom. The van der Waals surface area contributed by atoms with Crippen molar-refractivity contribution in [3.05, 3.63) is 59.2 Å². The van der Waals surface area contributed by atoms with Gasteiger partial charge in [-0.1, -0.05) is 18.2 Å². The van der Waals surface area contributed by atoms with E-state index < -0.39 is 11.9 Å². The van der Waals surface area contributed by atoms with Gasteiger partial charge in [-0.2, -0.15) is 0 Å². The molecule has 0 saturated carbocycles. The monoisotopic (exact) mass is 422 g/mol. The molecule has 0 bridgehead atoms. The van der Waals surface area contributed by atoms with E-state index in [1.165, 1.54) is 0 Å². The number of ether oxygens (including phenoxy) is 1. The van der Waals surface area contributed by atoms with Crippen LogP contribution in [0.15, 0.2) is 42.5 Å². The number of imide groups is 1. The van der Waals surface area contributed by atoms with Gasteiger partial charge in [-0.05, 0) is 42.8 Å². The van der Waals surface area contributed by atoms with Gasteiger partial charge >= 0.3 is 0 Å². The number of piperidine rings is 1. The third-order valence-electron chi connectivity index (χ3n) is 5.54. The van der Waals surface area contributed by atoms with Gasteiger partial charge in [-0.3, -0.25) is 19.7 Å². The molecule has 4 rings (SSSR count). The van der Waals surface area contributed by atoms with E-state index in [4.69, 9.17) is 4.74 Å². The molecule has 2 aliphatic heterocycles. The molecule has 1 saturated heterocycles. The first kappa shape index (κ1) is 20.9. The number of nitrogens with zero attached hydrogens (tertiary/aromatic N) is 1. The van der Waals surface area contributed by atoms with Crippen LogP contribution in [0.2, 0.25) is 0 Å². The van der Waals surface area contributed by atoms with Crippen molar-refractivity contribution in [2.75, 3.05) is 25.5 Å². The molecule has 2 aromatic rings. The van der Waals surface area contributed by atoms with E-state index in [0.29, 0.717) is 31.7 Å². The van der Waals surface area contributed by atoms with E-state index in [1.54, 1.807) is 4.90 Å². The molecule has 8 nitrogen and oxygen atoms in total. The van der Waals surface area contributed by atoms with Gasteiger partial charge in [0.25, 0.3) is 5.91 Å². The highest BCUT2D eigenvalue weighted by Crippen LogP contribution is 2.28. The number of amides is 3. The number of anilines is 1. The van der Waals surface area contributed by atoms with Crippen LogP contribution in [0.5, 0.6) is 5.75 Å². The van der Waals surface area contributed by atoms with Crippen molar-refractivity contribution in [2.45, 2.75) is 32.0 Å². The zero-order valence-corrected chi connectivity index (χ0v) is 17.4. The average molecular weight is 422 g/mol. The minimum absolute atomic E-state index is 0.161. The molecule has 0 aromatic heterocycles. The number of rotatable bonds is 8. The minimum Gasteiger partial charge on any atom is -0.492 e. The van der Waals surface area contributed by atoms with Crippen LogP contribution >= 0.6 is 0 Å². The molecule has 31 heavy (non-hydrogen) atoms. The Bertz CT molecular complexity index is 1010. The lowest BCUT2D eigenvalue weighted by molar-refractivity contribution is -0.136. The Balaban J connectivity index is 1.40. The van der Waals surface area contributed by atoms with Crippen LogP contribution in [-0.2, 0) is 22.7 Å². The quantitative estimate of drug-likeness (QED) is 0.442. The number of carbonyl (C=O) groups excluding carboxylic acids is 3. The predicted molar refractivity (Wildman–Crippen MR) is 116 cm³/mol. The maximum atomic E-state index is 12.9. The lowest BCUT2D eigenvalue weighted by atomic mass is 10.0. The van der Waals surface area contributed by atoms with E-state index in [9.17, 15) is 14.4 Å². The summed E-state index contributed by atoms with van der Waals surface area (Å²) in [6, 6.07) is 13.0. The van der Waals surface area contributed by atoms with E-state index in [1.807, 2.05) is 49.5 Å². The summed E-state index contributed by atoms with van der Waals surface area (Å²) in [7, 11) is 1.88. The number of likely N-dealkylation sites (N-methyl/N-ethyl adjacent to an activating group) is 1. The predicted octanol–water partition coefficient (Wildman–Crippen LogP) is 1.66. The van der Waals surface area contributed by atoms with Crippen LogP contribution in [0.3, 0.4) is 0 Å². The van der Waals surface area contributed by atoms with Crippen molar-refractivity contribution in [3.63, 3.8) is 0 Å². The molecule has 2 heterocycles. The van der Waals surface area contributed by atoms with Gasteiger partial charge in [0.2, 0.25) is 11.8 Å². The van der Waals surface area contributed by atoms with Gasteiger partial charge in [-0.25, -0.2) is 0 Å². The fourth-order valence-corrected chi connectivity index (χ4v) is 3.88. The van der Waals surface area contributed by atoms with E-state index in [2.05, 4.69) is 16.0 Å². The minimum atomic E-state index is -0.593. The van der Waals surface area contributed by atoms with Gasteiger partial charge < -0.3 is 20.3 Å². The fourth-order valence-electron chi connectivity index (χ4n) is 3.88. The van der Waals surface area contributed by atoms with Gasteiger partial charge in [0.05, 0.1) is 0 Å². The fraction of sp³-hybridized carbons (Fsp3) is 0.348. The Kier molecular flexibility index (Phi) is 6.18. The van der Waals surface area contributed by atoms with Gasteiger partial charge in [0.15, 0.2) is 0 Å². The molecule has 1 unspecified atom stereocenters.